The second kappa shape index (κ2) is 11.4. The lowest BCUT2D eigenvalue weighted by Crippen LogP contribution is -2.48. The summed E-state index contributed by atoms with van der Waals surface area (Å²) in [6.45, 7) is 9.31. The first-order valence-corrected chi connectivity index (χ1v) is 9.41. The van der Waals surface area contributed by atoms with E-state index in [0.717, 1.165) is 5.56 Å². The molecule has 28 heavy (non-hydrogen) atoms. The first-order chi connectivity index (χ1) is 13.2. The van der Waals surface area contributed by atoms with Gasteiger partial charge in [-0.2, -0.15) is 0 Å². The first kappa shape index (κ1) is 23.6. The number of guanidine groups is 1. The number of carbonyl (C=O) groups is 1. The zero-order valence-corrected chi connectivity index (χ0v) is 17.8. The summed E-state index contributed by atoms with van der Waals surface area (Å²) < 4.78 is 10.8. The van der Waals surface area contributed by atoms with Gasteiger partial charge in [0.2, 0.25) is 5.91 Å². The maximum atomic E-state index is 12.2. The van der Waals surface area contributed by atoms with Crippen LogP contribution in [0.4, 0.5) is 0 Å². The number of carbonyl (C=O) groups excluding carboxylic acids is 1. The molecule has 3 N–H and O–H groups in total. The van der Waals surface area contributed by atoms with Gasteiger partial charge < -0.3 is 30.1 Å². The lowest BCUT2D eigenvalue weighted by atomic mass is 10.1. The van der Waals surface area contributed by atoms with Crippen LogP contribution in [0, 0.1) is 0 Å². The molecule has 0 heterocycles. The van der Waals surface area contributed by atoms with Crippen LogP contribution in [0.2, 0.25) is 0 Å². The summed E-state index contributed by atoms with van der Waals surface area (Å²) in [5.74, 6) is 1.75. The van der Waals surface area contributed by atoms with E-state index in [4.69, 9.17) is 14.6 Å². The smallest absolute Gasteiger partial charge is 0.240 e. The van der Waals surface area contributed by atoms with Crippen molar-refractivity contribution in [1.82, 2.24) is 15.5 Å². The number of ether oxygens (including phenoxy) is 2. The van der Waals surface area contributed by atoms with Crippen molar-refractivity contribution in [3.63, 3.8) is 0 Å². The molecule has 0 aliphatic carbocycles. The third-order valence-electron chi connectivity index (χ3n) is 3.58. The third-order valence-corrected chi connectivity index (χ3v) is 3.58. The second-order valence-electron chi connectivity index (χ2n) is 7.38. The van der Waals surface area contributed by atoms with E-state index in [1.807, 2.05) is 46.9 Å². The van der Waals surface area contributed by atoms with Crippen LogP contribution >= 0.6 is 0 Å². The standard InChI is InChI=1S/C20H34N4O4/c1-7-21-19(24(5)14-18(26)23-20(2,3)4)22-13-15-8-9-16(28-11-10-25)17(12-15)27-6/h8-9,12,25H,7,10-11,13-14H2,1-6H3,(H,21,22)(H,23,26). The maximum absolute atomic E-state index is 12.2. The van der Waals surface area contributed by atoms with Gasteiger partial charge in [-0.1, -0.05) is 6.07 Å². The van der Waals surface area contributed by atoms with Gasteiger partial charge in [0.1, 0.15) is 6.61 Å². The summed E-state index contributed by atoms with van der Waals surface area (Å²) >= 11 is 0. The molecule has 0 aliphatic heterocycles. The number of methoxy groups -OCH3 is 1. The van der Waals surface area contributed by atoms with Crippen LogP contribution in [0.15, 0.2) is 23.2 Å². The van der Waals surface area contributed by atoms with Crippen LogP contribution in [0.5, 0.6) is 11.5 Å². The molecule has 1 aromatic carbocycles. The lowest BCUT2D eigenvalue weighted by molar-refractivity contribution is -0.122. The molecule has 0 unspecified atom stereocenters. The number of likely N-dealkylation sites (N-methyl/N-ethyl adjacent to an activating group) is 1. The minimum atomic E-state index is -0.274. The Morgan fingerprint density at radius 3 is 2.57 bits per heavy atom. The fourth-order valence-corrected chi connectivity index (χ4v) is 2.47. The highest BCUT2D eigenvalue weighted by Crippen LogP contribution is 2.28. The van der Waals surface area contributed by atoms with E-state index >= 15 is 0 Å². The van der Waals surface area contributed by atoms with Crippen LogP contribution in [0.1, 0.15) is 33.3 Å². The highest BCUT2D eigenvalue weighted by atomic mass is 16.5. The fourth-order valence-electron chi connectivity index (χ4n) is 2.47. The Balaban J connectivity index is 2.84. The van der Waals surface area contributed by atoms with Gasteiger partial charge >= 0.3 is 0 Å². The summed E-state index contributed by atoms with van der Waals surface area (Å²) in [6.07, 6.45) is 0. The first-order valence-electron chi connectivity index (χ1n) is 9.41. The summed E-state index contributed by atoms with van der Waals surface area (Å²) in [4.78, 5) is 18.6. The number of hydrogen-bond acceptors (Lipinski definition) is 5. The molecule has 0 radical (unpaired) electrons. The number of hydrogen-bond donors (Lipinski definition) is 3. The Morgan fingerprint density at radius 1 is 1.29 bits per heavy atom. The van der Waals surface area contributed by atoms with Gasteiger partial charge in [0.05, 0.1) is 26.8 Å². The Hall–Kier alpha value is -2.48. The zero-order valence-electron chi connectivity index (χ0n) is 17.8. The minimum Gasteiger partial charge on any atom is -0.493 e. The SMILES string of the molecule is CCNC(=NCc1ccc(OCCO)c(OC)c1)N(C)CC(=O)NC(C)(C)C. The zero-order chi connectivity index (χ0) is 21.2. The van der Waals surface area contributed by atoms with Crippen LogP contribution in [0.25, 0.3) is 0 Å². The number of nitrogens with one attached hydrogen (secondary N) is 2. The largest absolute Gasteiger partial charge is 0.493 e. The van der Waals surface area contributed by atoms with Crippen molar-refractivity contribution >= 4 is 11.9 Å². The van der Waals surface area contributed by atoms with E-state index in [1.165, 1.54) is 0 Å². The molecular formula is C20H34N4O4. The van der Waals surface area contributed by atoms with Crippen LogP contribution in [-0.4, -0.2) is 67.9 Å². The number of aliphatic imine (C=N–C) groups is 1. The molecule has 0 spiro atoms. The van der Waals surface area contributed by atoms with Crippen molar-refractivity contribution in [2.45, 2.75) is 39.8 Å². The monoisotopic (exact) mass is 394 g/mol. The molecular weight excluding hydrogens is 360 g/mol. The third kappa shape index (κ3) is 8.47. The van der Waals surface area contributed by atoms with Gasteiger partial charge in [-0.25, -0.2) is 4.99 Å². The van der Waals surface area contributed by atoms with Crippen LogP contribution in [0.3, 0.4) is 0 Å². The topological polar surface area (TPSA) is 95.4 Å². The Morgan fingerprint density at radius 2 is 2.00 bits per heavy atom. The van der Waals surface area contributed by atoms with Gasteiger partial charge in [0.15, 0.2) is 17.5 Å². The van der Waals surface area contributed by atoms with E-state index in [-0.39, 0.29) is 31.2 Å². The van der Waals surface area contributed by atoms with Crippen molar-refractivity contribution in [2.75, 3.05) is 40.5 Å². The van der Waals surface area contributed by atoms with Gasteiger partial charge in [-0.15, -0.1) is 0 Å². The average molecular weight is 395 g/mol. The average Bonchev–Trinajstić information content (AvgIpc) is 2.61. The Bertz CT molecular complexity index is 656. The van der Waals surface area contributed by atoms with E-state index in [9.17, 15) is 4.79 Å². The van der Waals surface area contributed by atoms with Crippen molar-refractivity contribution in [3.05, 3.63) is 23.8 Å². The molecule has 0 atom stereocenters. The number of aliphatic hydroxyl groups excluding tert-OH is 1. The van der Waals surface area contributed by atoms with Gasteiger partial charge in [-0.3, -0.25) is 4.79 Å². The molecule has 0 aliphatic rings. The van der Waals surface area contributed by atoms with Gasteiger partial charge in [0.25, 0.3) is 0 Å². The molecule has 1 aromatic rings. The fraction of sp³-hybridized carbons (Fsp3) is 0.600. The maximum Gasteiger partial charge on any atom is 0.240 e. The number of rotatable bonds is 9. The summed E-state index contributed by atoms with van der Waals surface area (Å²) in [5, 5.41) is 15.0. The van der Waals surface area contributed by atoms with Crippen molar-refractivity contribution in [2.24, 2.45) is 4.99 Å². The molecule has 8 heteroatoms. The van der Waals surface area contributed by atoms with Crippen molar-refractivity contribution < 1.29 is 19.4 Å². The molecule has 8 nitrogen and oxygen atoms in total. The molecule has 1 rings (SSSR count). The molecule has 1 amide bonds. The predicted molar refractivity (Wildman–Crippen MR) is 111 cm³/mol. The highest BCUT2D eigenvalue weighted by molar-refractivity contribution is 5.86. The van der Waals surface area contributed by atoms with E-state index in [2.05, 4.69) is 15.6 Å². The summed E-state index contributed by atoms with van der Waals surface area (Å²) in [5.41, 5.74) is 0.667. The Kier molecular flexibility index (Phi) is 9.58. The summed E-state index contributed by atoms with van der Waals surface area (Å²) in [6, 6.07) is 5.55. The van der Waals surface area contributed by atoms with Crippen LogP contribution < -0.4 is 20.1 Å². The lowest BCUT2D eigenvalue weighted by Gasteiger charge is -2.25. The molecule has 0 bridgehead atoms. The molecule has 158 valence electrons. The Labute approximate surface area is 167 Å². The predicted octanol–water partition coefficient (Wildman–Crippen LogP) is 1.38. The number of amides is 1. The van der Waals surface area contributed by atoms with E-state index in [0.29, 0.717) is 30.5 Å². The molecule has 0 saturated carbocycles. The van der Waals surface area contributed by atoms with E-state index in [1.54, 1.807) is 18.1 Å². The van der Waals surface area contributed by atoms with Gasteiger partial charge in [0, 0.05) is 19.1 Å². The second-order valence-corrected chi connectivity index (χ2v) is 7.38. The molecule has 0 fully saturated rings. The number of nitrogens with zero attached hydrogens (tertiary/aromatic N) is 2. The minimum absolute atomic E-state index is 0.0592. The normalized spacial score (nSPS) is 11.8. The van der Waals surface area contributed by atoms with Crippen molar-refractivity contribution in [1.29, 1.82) is 0 Å². The van der Waals surface area contributed by atoms with E-state index < -0.39 is 0 Å². The van der Waals surface area contributed by atoms with Crippen LogP contribution in [-0.2, 0) is 11.3 Å². The number of aliphatic hydroxyl groups is 1. The highest BCUT2D eigenvalue weighted by Gasteiger charge is 2.16. The quantitative estimate of drug-likeness (QED) is 0.433. The summed E-state index contributed by atoms with van der Waals surface area (Å²) in [7, 11) is 3.40. The molecule has 0 aromatic heterocycles. The number of benzene rings is 1. The van der Waals surface area contributed by atoms with Gasteiger partial charge in [-0.05, 0) is 45.4 Å². The van der Waals surface area contributed by atoms with Crippen molar-refractivity contribution in [3.8, 4) is 11.5 Å². The molecule has 0 saturated heterocycles.